The number of amides is 3. The molecule has 158 valence electrons. The molecule has 0 bridgehead atoms. The highest BCUT2D eigenvalue weighted by Crippen LogP contribution is 2.17. The van der Waals surface area contributed by atoms with Crippen molar-refractivity contribution in [3.63, 3.8) is 0 Å². The molecule has 1 aliphatic rings. The quantitative estimate of drug-likeness (QED) is 0.658. The molecule has 1 saturated heterocycles. The van der Waals surface area contributed by atoms with E-state index in [4.69, 9.17) is 0 Å². The molecular formula is C23H26FN3O3. The van der Waals surface area contributed by atoms with E-state index in [1.807, 2.05) is 37.3 Å². The molecular weight excluding hydrogens is 385 g/mol. The maximum atomic E-state index is 13.1. The van der Waals surface area contributed by atoms with Crippen LogP contribution >= 0.6 is 0 Å². The standard InChI is InChI=1S/C23H26FN3O3/c1-3-20(21(28)25(2)15-17-7-5-4-6-8-17)27-14-13-26(22(29)23(27)30)16-18-9-11-19(24)12-10-18/h4-12,20H,3,13-16H2,1-2H3/t20-/m1/s1. The number of carbonyl (C=O) groups excluding carboxylic acids is 3. The number of carbonyl (C=O) groups is 3. The lowest BCUT2D eigenvalue weighted by Crippen LogP contribution is -2.60. The van der Waals surface area contributed by atoms with Gasteiger partial charge in [-0.15, -0.1) is 0 Å². The van der Waals surface area contributed by atoms with Crippen LogP contribution in [0, 0.1) is 5.82 Å². The second-order valence-corrected chi connectivity index (χ2v) is 7.46. The minimum Gasteiger partial charge on any atom is -0.340 e. The zero-order chi connectivity index (χ0) is 21.7. The Morgan fingerprint density at radius 1 is 1.00 bits per heavy atom. The summed E-state index contributed by atoms with van der Waals surface area (Å²) < 4.78 is 13.1. The number of piperazine rings is 1. The molecule has 7 heteroatoms. The summed E-state index contributed by atoms with van der Waals surface area (Å²) in [6, 6.07) is 14.8. The van der Waals surface area contributed by atoms with E-state index < -0.39 is 17.9 Å². The van der Waals surface area contributed by atoms with Crippen molar-refractivity contribution < 1.29 is 18.8 Å². The van der Waals surface area contributed by atoms with Gasteiger partial charge in [0, 0.05) is 33.2 Å². The molecule has 2 aromatic carbocycles. The van der Waals surface area contributed by atoms with Crippen LogP contribution in [0.4, 0.5) is 4.39 Å². The average molecular weight is 411 g/mol. The molecule has 1 fully saturated rings. The summed E-state index contributed by atoms with van der Waals surface area (Å²) in [5.74, 6) is -1.84. The van der Waals surface area contributed by atoms with Crippen LogP contribution in [-0.4, -0.2) is 58.6 Å². The molecule has 6 nitrogen and oxygen atoms in total. The van der Waals surface area contributed by atoms with E-state index in [9.17, 15) is 18.8 Å². The van der Waals surface area contributed by atoms with Crippen LogP contribution in [0.3, 0.4) is 0 Å². The topological polar surface area (TPSA) is 60.9 Å². The molecule has 0 unspecified atom stereocenters. The third-order valence-electron chi connectivity index (χ3n) is 5.32. The Labute approximate surface area is 175 Å². The molecule has 3 rings (SSSR count). The minimum absolute atomic E-state index is 0.186. The van der Waals surface area contributed by atoms with Gasteiger partial charge >= 0.3 is 11.8 Å². The summed E-state index contributed by atoms with van der Waals surface area (Å²) in [4.78, 5) is 42.8. The number of halogens is 1. The molecule has 2 aromatic rings. The fraction of sp³-hybridized carbons (Fsp3) is 0.348. The van der Waals surface area contributed by atoms with E-state index in [-0.39, 0.29) is 24.8 Å². The Morgan fingerprint density at radius 3 is 2.30 bits per heavy atom. The van der Waals surface area contributed by atoms with Crippen LogP contribution in [-0.2, 0) is 27.5 Å². The van der Waals surface area contributed by atoms with Gasteiger partial charge in [-0.1, -0.05) is 49.4 Å². The van der Waals surface area contributed by atoms with Gasteiger partial charge in [-0.2, -0.15) is 0 Å². The highest BCUT2D eigenvalue weighted by Gasteiger charge is 2.39. The molecule has 0 radical (unpaired) electrons. The Kier molecular flexibility index (Phi) is 6.82. The SMILES string of the molecule is CC[C@H](C(=O)N(C)Cc1ccccc1)N1CCN(Cc2ccc(F)cc2)C(=O)C1=O. The van der Waals surface area contributed by atoms with E-state index in [2.05, 4.69) is 0 Å². The Balaban J connectivity index is 1.65. The van der Waals surface area contributed by atoms with Crippen LogP contribution in [0.1, 0.15) is 24.5 Å². The van der Waals surface area contributed by atoms with Gasteiger partial charge in [0.25, 0.3) is 0 Å². The summed E-state index contributed by atoms with van der Waals surface area (Å²) >= 11 is 0. The summed E-state index contributed by atoms with van der Waals surface area (Å²) in [6.45, 7) is 3.12. The fourth-order valence-electron chi connectivity index (χ4n) is 3.67. The lowest BCUT2D eigenvalue weighted by molar-refractivity contribution is -0.161. The first-order chi connectivity index (χ1) is 14.4. The van der Waals surface area contributed by atoms with E-state index in [0.717, 1.165) is 11.1 Å². The highest BCUT2D eigenvalue weighted by atomic mass is 19.1. The van der Waals surface area contributed by atoms with Crippen molar-refractivity contribution in [3.8, 4) is 0 Å². The molecule has 0 aromatic heterocycles. The Hall–Kier alpha value is -3.22. The molecule has 3 amide bonds. The molecule has 1 heterocycles. The first-order valence-corrected chi connectivity index (χ1v) is 10.0. The number of hydrogen-bond donors (Lipinski definition) is 0. The molecule has 0 saturated carbocycles. The number of benzene rings is 2. The Morgan fingerprint density at radius 2 is 1.67 bits per heavy atom. The molecule has 0 aliphatic carbocycles. The number of nitrogens with zero attached hydrogens (tertiary/aromatic N) is 3. The minimum atomic E-state index is -0.678. The first-order valence-electron chi connectivity index (χ1n) is 10.0. The van der Waals surface area contributed by atoms with Gasteiger partial charge in [-0.25, -0.2) is 4.39 Å². The van der Waals surface area contributed by atoms with Crippen LogP contribution in [0.5, 0.6) is 0 Å². The molecule has 30 heavy (non-hydrogen) atoms. The Bertz CT molecular complexity index is 902. The zero-order valence-corrected chi connectivity index (χ0v) is 17.3. The van der Waals surface area contributed by atoms with Gasteiger partial charge in [0.15, 0.2) is 0 Å². The fourth-order valence-corrected chi connectivity index (χ4v) is 3.67. The van der Waals surface area contributed by atoms with Crippen LogP contribution < -0.4 is 0 Å². The van der Waals surface area contributed by atoms with Crippen molar-refractivity contribution in [3.05, 3.63) is 71.5 Å². The predicted octanol–water partition coefficient (Wildman–Crippen LogP) is 2.43. The second-order valence-electron chi connectivity index (χ2n) is 7.46. The van der Waals surface area contributed by atoms with Crippen molar-refractivity contribution in [1.29, 1.82) is 0 Å². The van der Waals surface area contributed by atoms with Crippen LogP contribution in [0.25, 0.3) is 0 Å². The normalized spacial score (nSPS) is 15.3. The van der Waals surface area contributed by atoms with Crippen molar-refractivity contribution in [2.75, 3.05) is 20.1 Å². The van der Waals surface area contributed by atoms with Crippen LogP contribution in [0.2, 0.25) is 0 Å². The largest absolute Gasteiger partial charge is 0.340 e. The third-order valence-corrected chi connectivity index (χ3v) is 5.32. The van der Waals surface area contributed by atoms with Crippen molar-refractivity contribution >= 4 is 17.7 Å². The number of rotatable bonds is 7. The summed E-state index contributed by atoms with van der Waals surface area (Å²) in [5, 5.41) is 0. The maximum absolute atomic E-state index is 13.1. The van der Waals surface area contributed by atoms with E-state index in [1.54, 1.807) is 24.1 Å². The third kappa shape index (κ3) is 4.84. The van der Waals surface area contributed by atoms with Crippen molar-refractivity contribution in [1.82, 2.24) is 14.7 Å². The molecule has 1 atom stereocenters. The van der Waals surface area contributed by atoms with Gasteiger partial charge in [0.2, 0.25) is 5.91 Å². The molecule has 1 aliphatic heterocycles. The highest BCUT2D eigenvalue weighted by molar-refractivity contribution is 6.35. The second kappa shape index (κ2) is 9.52. The van der Waals surface area contributed by atoms with Gasteiger partial charge in [-0.05, 0) is 29.7 Å². The van der Waals surface area contributed by atoms with E-state index in [0.29, 0.717) is 19.5 Å². The van der Waals surface area contributed by atoms with Gasteiger partial charge in [-0.3, -0.25) is 14.4 Å². The maximum Gasteiger partial charge on any atom is 0.312 e. The lowest BCUT2D eigenvalue weighted by atomic mass is 10.1. The number of likely N-dealkylation sites (N-methyl/N-ethyl adjacent to an activating group) is 1. The smallest absolute Gasteiger partial charge is 0.312 e. The van der Waals surface area contributed by atoms with E-state index in [1.165, 1.54) is 21.9 Å². The van der Waals surface area contributed by atoms with Crippen LogP contribution in [0.15, 0.2) is 54.6 Å². The van der Waals surface area contributed by atoms with Crippen molar-refractivity contribution in [2.24, 2.45) is 0 Å². The predicted molar refractivity (Wildman–Crippen MR) is 111 cm³/mol. The summed E-state index contributed by atoms with van der Waals surface area (Å²) in [7, 11) is 1.70. The zero-order valence-electron chi connectivity index (χ0n) is 17.3. The number of hydrogen-bond acceptors (Lipinski definition) is 3. The summed E-state index contributed by atoms with van der Waals surface area (Å²) in [6.07, 6.45) is 0.426. The average Bonchev–Trinajstić information content (AvgIpc) is 2.75. The molecule has 0 spiro atoms. The molecule has 0 N–H and O–H groups in total. The lowest BCUT2D eigenvalue weighted by Gasteiger charge is -2.38. The summed E-state index contributed by atoms with van der Waals surface area (Å²) in [5.41, 5.74) is 1.74. The van der Waals surface area contributed by atoms with Gasteiger partial charge in [0.05, 0.1) is 0 Å². The van der Waals surface area contributed by atoms with E-state index >= 15 is 0 Å². The monoisotopic (exact) mass is 411 g/mol. The first kappa shape index (κ1) is 21.5. The van der Waals surface area contributed by atoms with Gasteiger partial charge < -0.3 is 14.7 Å². The van der Waals surface area contributed by atoms with Gasteiger partial charge in [0.1, 0.15) is 11.9 Å². The van der Waals surface area contributed by atoms with Crippen molar-refractivity contribution in [2.45, 2.75) is 32.5 Å².